The molecule has 0 aliphatic rings. The third-order valence-electron chi connectivity index (χ3n) is 2.54. The van der Waals surface area contributed by atoms with Gasteiger partial charge in [-0.1, -0.05) is 17.7 Å². The number of hydrogen-bond acceptors (Lipinski definition) is 5. The number of anilines is 4. The largest absolute Gasteiger partial charge is 0.393 e. The molecule has 2 aromatic rings. The molecule has 94 valence electrons. The highest BCUT2D eigenvalue weighted by atomic mass is 15.1. The van der Waals surface area contributed by atoms with Crippen molar-refractivity contribution < 1.29 is 0 Å². The summed E-state index contributed by atoms with van der Waals surface area (Å²) in [5.41, 5.74) is 8.69. The lowest BCUT2D eigenvalue weighted by Crippen LogP contribution is -2.07. The molecule has 0 bridgehead atoms. The minimum atomic E-state index is 0.528. The Morgan fingerprint density at radius 3 is 2.44 bits per heavy atom. The van der Waals surface area contributed by atoms with Crippen LogP contribution < -0.4 is 16.4 Å². The minimum absolute atomic E-state index is 0.528. The van der Waals surface area contributed by atoms with E-state index in [9.17, 15) is 0 Å². The van der Waals surface area contributed by atoms with Crippen molar-refractivity contribution >= 4 is 23.0 Å². The molecule has 0 amide bonds. The van der Waals surface area contributed by atoms with Crippen molar-refractivity contribution in [2.45, 2.75) is 13.8 Å². The van der Waals surface area contributed by atoms with Gasteiger partial charge in [-0.2, -0.15) is 0 Å². The molecule has 1 heterocycles. The Hall–Kier alpha value is -2.30. The van der Waals surface area contributed by atoms with Gasteiger partial charge in [0.1, 0.15) is 12.0 Å². The van der Waals surface area contributed by atoms with Crippen molar-refractivity contribution in [3.05, 3.63) is 36.2 Å². The van der Waals surface area contributed by atoms with Gasteiger partial charge in [-0.05, 0) is 26.0 Å². The maximum absolute atomic E-state index is 6.00. The van der Waals surface area contributed by atoms with Gasteiger partial charge in [0.05, 0.1) is 0 Å². The first-order valence-electron chi connectivity index (χ1n) is 5.88. The number of nitrogens with one attached hydrogen (secondary N) is 2. The minimum Gasteiger partial charge on any atom is -0.393 e. The average molecular weight is 243 g/mol. The van der Waals surface area contributed by atoms with Crippen LogP contribution in [0.25, 0.3) is 0 Å². The molecule has 5 heteroatoms. The molecule has 0 saturated carbocycles. The van der Waals surface area contributed by atoms with Gasteiger partial charge in [-0.25, -0.2) is 9.97 Å². The highest BCUT2D eigenvalue weighted by Crippen LogP contribution is 2.25. The van der Waals surface area contributed by atoms with Gasteiger partial charge in [0.2, 0.25) is 0 Å². The van der Waals surface area contributed by atoms with Crippen LogP contribution in [0.15, 0.2) is 30.6 Å². The number of nitrogen functional groups attached to an aromatic ring is 1. The molecule has 4 N–H and O–H groups in total. The lowest BCUT2D eigenvalue weighted by atomic mass is 10.2. The average Bonchev–Trinajstić information content (AvgIpc) is 2.37. The first kappa shape index (κ1) is 12.2. The van der Waals surface area contributed by atoms with Gasteiger partial charge in [-0.3, -0.25) is 0 Å². The lowest BCUT2D eigenvalue weighted by molar-refractivity contribution is 1.12. The molecule has 1 aromatic carbocycles. The molecule has 1 aromatic heterocycles. The molecule has 0 spiro atoms. The monoisotopic (exact) mass is 243 g/mol. The van der Waals surface area contributed by atoms with Crippen LogP contribution in [0.2, 0.25) is 0 Å². The van der Waals surface area contributed by atoms with Crippen molar-refractivity contribution in [3.63, 3.8) is 0 Å². The summed E-state index contributed by atoms with van der Waals surface area (Å²) in [6.07, 6.45) is 1.49. The summed E-state index contributed by atoms with van der Waals surface area (Å²) in [4.78, 5) is 8.25. The van der Waals surface area contributed by atoms with Crippen molar-refractivity contribution in [2.75, 3.05) is 22.9 Å². The summed E-state index contributed by atoms with van der Waals surface area (Å²) in [5.74, 6) is 1.27. The molecule has 0 saturated heterocycles. The fourth-order valence-electron chi connectivity index (χ4n) is 1.58. The van der Waals surface area contributed by atoms with Gasteiger partial charge in [0, 0.05) is 12.2 Å². The van der Waals surface area contributed by atoms with Gasteiger partial charge in [-0.15, -0.1) is 0 Å². The molecular formula is C13H17N5. The van der Waals surface area contributed by atoms with Crippen LogP contribution in [0.5, 0.6) is 0 Å². The Balaban J connectivity index is 2.23. The Morgan fingerprint density at radius 1 is 1.11 bits per heavy atom. The smallest absolute Gasteiger partial charge is 0.159 e. The second-order valence-corrected chi connectivity index (χ2v) is 4.01. The van der Waals surface area contributed by atoms with E-state index < -0.39 is 0 Å². The number of benzene rings is 1. The van der Waals surface area contributed by atoms with Crippen LogP contribution in [0, 0.1) is 6.92 Å². The van der Waals surface area contributed by atoms with Crippen LogP contribution in [-0.2, 0) is 0 Å². The fraction of sp³-hybridized carbons (Fsp3) is 0.231. The number of nitrogens with two attached hydrogens (primary N) is 1. The topological polar surface area (TPSA) is 75.9 Å². The number of rotatable bonds is 4. The highest BCUT2D eigenvalue weighted by molar-refractivity contribution is 5.77. The van der Waals surface area contributed by atoms with E-state index in [0.29, 0.717) is 17.3 Å². The quantitative estimate of drug-likeness (QED) is 0.769. The Kier molecular flexibility index (Phi) is 3.62. The first-order chi connectivity index (χ1) is 8.70. The van der Waals surface area contributed by atoms with Gasteiger partial charge in [0.15, 0.2) is 11.6 Å². The van der Waals surface area contributed by atoms with Gasteiger partial charge < -0.3 is 16.4 Å². The predicted octanol–water partition coefficient (Wildman–Crippen LogP) is 2.54. The summed E-state index contributed by atoms with van der Waals surface area (Å²) < 4.78 is 0. The van der Waals surface area contributed by atoms with E-state index in [4.69, 9.17) is 5.73 Å². The lowest BCUT2D eigenvalue weighted by Gasteiger charge is -2.11. The van der Waals surface area contributed by atoms with E-state index in [1.165, 1.54) is 11.9 Å². The van der Waals surface area contributed by atoms with Crippen LogP contribution in [0.3, 0.4) is 0 Å². The molecule has 0 unspecified atom stereocenters. The molecule has 0 aliphatic carbocycles. The molecular weight excluding hydrogens is 226 g/mol. The summed E-state index contributed by atoms with van der Waals surface area (Å²) in [5, 5.41) is 6.28. The van der Waals surface area contributed by atoms with Crippen molar-refractivity contribution in [2.24, 2.45) is 0 Å². The molecule has 0 radical (unpaired) electrons. The van der Waals surface area contributed by atoms with Crippen LogP contribution >= 0.6 is 0 Å². The zero-order chi connectivity index (χ0) is 13.0. The number of aryl methyl sites for hydroxylation is 1. The highest BCUT2D eigenvalue weighted by Gasteiger charge is 2.07. The predicted molar refractivity (Wildman–Crippen MR) is 75.1 cm³/mol. The van der Waals surface area contributed by atoms with Crippen LogP contribution in [0.1, 0.15) is 12.5 Å². The second kappa shape index (κ2) is 5.35. The second-order valence-electron chi connectivity index (χ2n) is 4.01. The van der Waals surface area contributed by atoms with Gasteiger partial charge >= 0.3 is 0 Å². The molecule has 0 aliphatic heterocycles. The third-order valence-corrected chi connectivity index (χ3v) is 2.54. The normalized spacial score (nSPS) is 10.1. The number of hydrogen-bond donors (Lipinski definition) is 3. The summed E-state index contributed by atoms with van der Waals surface area (Å²) >= 11 is 0. The van der Waals surface area contributed by atoms with E-state index in [2.05, 4.69) is 20.6 Å². The van der Waals surface area contributed by atoms with Crippen LogP contribution in [-0.4, -0.2) is 16.5 Å². The Bertz CT molecular complexity index is 521. The third kappa shape index (κ3) is 2.68. The number of aromatic nitrogens is 2. The molecule has 18 heavy (non-hydrogen) atoms. The van der Waals surface area contributed by atoms with Crippen molar-refractivity contribution in [1.82, 2.24) is 9.97 Å². The van der Waals surface area contributed by atoms with Crippen molar-refractivity contribution in [1.29, 1.82) is 0 Å². The summed E-state index contributed by atoms with van der Waals surface area (Å²) in [6.45, 7) is 4.81. The maximum Gasteiger partial charge on any atom is 0.159 e. The zero-order valence-electron chi connectivity index (χ0n) is 10.6. The van der Waals surface area contributed by atoms with E-state index in [-0.39, 0.29) is 0 Å². The molecule has 0 atom stereocenters. The maximum atomic E-state index is 6.00. The summed E-state index contributed by atoms with van der Waals surface area (Å²) in [6, 6.07) is 8.05. The first-order valence-corrected chi connectivity index (χ1v) is 5.88. The SMILES string of the molecule is CCNc1ncnc(Nc2ccc(C)cc2)c1N. The zero-order valence-corrected chi connectivity index (χ0v) is 10.6. The number of nitrogens with zero attached hydrogens (tertiary/aromatic N) is 2. The molecule has 2 rings (SSSR count). The Morgan fingerprint density at radius 2 is 1.78 bits per heavy atom. The van der Waals surface area contributed by atoms with E-state index in [1.807, 2.05) is 38.1 Å². The van der Waals surface area contributed by atoms with Crippen LogP contribution in [0.4, 0.5) is 23.0 Å². The summed E-state index contributed by atoms with van der Waals surface area (Å²) in [7, 11) is 0. The van der Waals surface area contributed by atoms with E-state index in [0.717, 1.165) is 12.2 Å². The Labute approximate surface area is 106 Å². The van der Waals surface area contributed by atoms with Crippen molar-refractivity contribution in [3.8, 4) is 0 Å². The molecule has 5 nitrogen and oxygen atoms in total. The standard InChI is InChI=1S/C13H17N5/c1-3-15-12-11(14)13(17-8-16-12)18-10-6-4-9(2)5-7-10/h4-8H,3,14H2,1-2H3,(H2,15,16,17,18). The molecule has 0 fully saturated rings. The van der Waals surface area contributed by atoms with Gasteiger partial charge in [0.25, 0.3) is 0 Å². The van der Waals surface area contributed by atoms with E-state index >= 15 is 0 Å². The fourth-order valence-corrected chi connectivity index (χ4v) is 1.58. The van der Waals surface area contributed by atoms with E-state index in [1.54, 1.807) is 0 Å².